The number of nitrogens with zero attached hydrogens (tertiary/aromatic N) is 1. The largest absolute Gasteiger partial charge is 0.454 e. The predicted molar refractivity (Wildman–Crippen MR) is 80.7 cm³/mol. The van der Waals surface area contributed by atoms with E-state index in [0.29, 0.717) is 18.2 Å². The van der Waals surface area contributed by atoms with Gasteiger partial charge in [0.25, 0.3) is 0 Å². The molecular weight excluding hydrogens is 262 g/mol. The maximum Gasteiger partial charge on any atom is 0.231 e. The Labute approximate surface area is 125 Å². The zero-order valence-electron chi connectivity index (χ0n) is 12.3. The van der Waals surface area contributed by atoms with Gasteiger partial charge in [-0.2, -0.15) is 0 Å². The summed E-state index contributed by atoms with van der Waals surface area (Å²) in [7, 11) is 0. The van der Waals surface area contributed by atoms with Crippen molar-refractivity contribution in [1.82, 2.24) is 4.90 Å². The van der Waals surface area contributed by atoms with Crippen LogP contribution >= 0.6 is 0 Å². The van der Waals surface area contributed by atoms with Crippen LogP contribution in [0.3, 0.4) is 0 Å². The van der Waals surface area contributed by atoms with E-state index in [-0.39, 0.29) is 0 Å². The van der Waals surface area contributed by atoms with Crippen molar-refractivity contribution < 1.29 is 9.47 Å². The molecule has 3 aliphatic heterocycles. The first-order valence-electron chi connectivity index (χ1n) is 8.21. The van der Waals surface area contributed by atoms with Crippen LogP contribution in [0.5, 0.6) is 11.5 Å². The highest BCUT2D eigenvalue weighted by Crippen LogP contribution is 2.53. The van der Waals surface area contributed by atoms with Crippen molar-refractivity contribution in [1.29, 1.82) is 0 Å². The van der Waals surface area contributed by atoms with E-state index in [2.05, 4.69) is 29.2 Å². The molecule has 1 saturated heterocycles. The Kier molecular flexibility index (Phi) is 2.46. The monoisotopic (exact) mass is 283 g/mol. The molecular formula is C18H21NO2. The van der Waals surface area contributed by atoms with E-state index in [0.717, 1.165) is 18.0 Å². The molecule has 21 heavy (non-hydrogen) atoms. The number of hydrogen-bond donors (Lipinski definition) is 0. The molecule has 3 heterocycles. The molecule has 0 unspecified atom stereocenters. The smallest absolute Gasteiger partial charge is 0.231 e. The normalized spacial score (nSPS) is 33.2. The Morgan fingerprint density at radius 2 is 2.00 bits per heavy atom. The summed E-state index contributed by atoms with van der Waals surface area (Å²) in [6, 6.07) is 4.48. The van der Waals surface area contributed by atoms with Crippen LogP contribution in [0.15, 0.2) is 24.3 Å². The lowest BCUT2D eigenvalue weighted by Crippen LogP contribution is -2.57. The lowest BCUT2D eigenvalue weighted by Gasteiger charge is -2.56. The Hall–Kier alpha value is -1.48. The van der Waals surface area contributed by atoms with Gasteiger partial charge in [0.2, 0.25) is 6.79 Å². The highest BCUT2D eigenvalue weighted by Gasteiger charge is 2.49. The van der Waals surface area contributed by atoms with Crippen LogP contribution in [-0.2, 0) is 6.54 Å². The molecule has 0 amide bonds. The summed E-state index contributed by atoms with van der Waals surface area (Å²) in [5.41, 5.74) is 3.29. The third kappa shape index (κ3) is 1.58. The quantitative estimate of drug-likeness (QED) is 0.679. The van der Waals surface area contributed by atoms with Crippen LogP contribution in [0.4, 0.5) is 0 Å². The van der Waals surface area contributed by atoms with Crippen molar-refractivity contribution in [3.63, 3.8) is 0 Å². The van der Waals surface area contributed by atoms with Crippen LogP contribution in [-0.4, -0.2) is 23.8 Å². The van der Waals surface area contributed by atoms with Crippen molar-refractivity contribution >= 4 is 0 Å². The van der Waals surface area contributed by atoms with Gasteiger partial charge < -0.3 is 9.47 Å². The molecule has 3 nitrogen and oxygen atoms in total. The molecule has 1 aliphatic carbocycles. The molecule has 2 atom stereocenters. The second kappa shape index (κ2) is 4.26. The van der Waals surface area contributed by atoms with Gasteiger partial charge in [-0.05, 0) is 55.5 Å². The van der Waals surface area contributed by atoms with E-state index >= 15 is 0 Å². The number of benzene rings is 1. The molecule has 0 radical (unpaired) electrons. The molecule has 0 aromatic heterocycles. The first kappa shape index (κ1) is 12.1. The molecule has 4 aliphatic rings. The topological polar surface area (TPSA) is 21.7 Å². The van der Waals surface area contributed by atoms with Crippen LogP contribution in [0.1, 0.15) is 49.1 Å². The molecule has 1 aromatic rings. The molecule has 1 fully saturated rings. The average Bonchev–Trinajstić information content (AvgIpc) is 2.97. The molecule has 0 bridgehead atoms. The number of ether oxygens (including phenoxy) is 2. The minimum atomic E-state index is 0.369. The summed E-state index contributed by atoms with van der Waals surface area (Å²) in [6.45, 7) is 2.70. The maximum atomic E-state index is 5.62. The molecule has 0 saturated carbocycles. The van der Waals surface area contributed by atoms with E-state index in [1.807, 2.05) is 0 Å². The zero-order valence-corrected chi connectivity index (χ0v) is 12.3. The number of rotatable bonds is 0. The fourth-order valence-corrected chi connectivity index (χ4v) is 4.91. The average molecular weight is 283 g/mol. The van der Waals surface area contributed by atoms with E-state index in [1.165, 1.54) is 49.8 Å². The predicted octanol–water partition coefficient (Wildman–Crippen LogP) is 3.59. The zero-order chi connectivity index (χ0) is 13.9. The van der Waals surface area contributed by atoms with Gasteiger partial charge in [0.15, 0.2) is 11.5 Å². The SMILES string of the molecule is C1=C[C@@H]2c3cc4c(cc3CN3CCCC[C@@]23CC1)OCO4. The number of hydrogen-bond acceptors (Lipinski definition) is 3. The summed E-state index contributed by atoms with van der Waals surface area (Å²) >= 11 is 0. The first-order valence-corrected chi connectivity index (χ1v) is 8.21. The standard InChI is InChI=1S/C18H21NO2/c1-2-6-18-7-3-4-8-19(18)11-13-9-16-17(21-12-20-16)10-14(13)15(18)5-1/h1,5,9-10,15H,2-4,6-8,11-12H2/t15-,18+/m1/s1. The Bertz CT molecular complexity index is 624. The minimum absolute atomic E-state index is 0.369. The van der Waals surface area contributed by atoms with Crippen LogP contribution in [0.2, 0.25) is 0 Å². The van der Waals surface area contributed by atoms with E-state index in [4.69, 9.17) is 9.47 Å². The highest BCUT2D eigenvalue weighted by molar-refractivity contribution is 5.53. The lowest BCUT2D eigenvalue weighted by atomic mass is 9.64. The van der Waals surface area contributed by atoms with Crippen LogP contribution in [0, 0.1) is 0 Å². The van der Waals surface area contributed by atoms with Crippen molar-refractivity contribution in [3.8, 4) is 11.5 Å². The second-order valence-corrected chi connectivity index (χ2v) is 6.83. The number of fused-ring (bicyclic) bond motifs is 3. The van der Waals surface area contributed by atoms with Crippen molar-refractivity contribution in [2.24, 2.45) is 0 Å². The van der Waals surface area contributed by atoms with Crippen molar-refractivity contribution in [2.75, 3.05) is 13.3 Å². The van der Waals surface area contributed by atoms with Gasteiger partial charge in [0.05, 0.1) is 0 Å². The first-order chi connectivity index (χ1) is 10.4. The van der Waals surface area contributed by atoms with Gasteiger partial charge in [-0.1, -0.05) is 18.6 Å². The van der Waals surface area contributed by atoms with Gasteiger partial charge in [-0.3, -0.25) is 4.90 Å². The minimum Gasteiger partial charge on any atom is -0.454 e. The molecule has 110 valence electrons. The summed E-state index contributed by atoms with van der Waals surface area (Å²) in [4.78, 5) is 2.76. The highest BCUT2D eigenvalue weighted by atomic mass is 16.7. The Morgan fingerprint density at radius 1 is 1.10 bits per heavy atom. The summed E-state index contributed by atoms with van der Waals surface area (Å²) in [5, 5.41) is 0. The van der Waals surface area contributed by atoms with E-state index in [1.54, 1.807) is 0 Å². The number of allylic oxidation sites excluding steroid dienone is 1. The van der Waals surface area contributed by atoms with Gasteiger partial charge in [-0.15, -0.1) is 0 Å². The number of piperidine rings is 1. The molecule has 3 heteroatoms. The van der Waals surface area contributed by atoms with Crippen LogP contribution in [0.25, 0.3) is 0 Å². The lowest BCUT2D eigenvalue weighted by molar-refractivity contribution is 0.00534. The summed E-state index contributed by atoms with van der Waals surface area (Å²) < 4.78 is 11.2. The fraction of sp³-hybridized carbons (Fsp3) is 0.556. The molecule has 5 rings (SSSR count). The van der Waals surface area contributed by atoms with Crippen LogP contribution < -0.4 is 9.47 Å². The van der Waals surface area contributed by atoms with Gasteiger partial charge in [0, 0.05) is 18.0 Å². The summed E-state index contributed by atoms with van der Waals surface area (Å²) in [5.74, 6) is 2.40. The Morgan fingerprint density at radius 3 is 2.95 bits per heavy atom. The van der Waals surface area contributed by atoms with Crippen molar-refractivity contribution in [2.45, 2.75) is 50.1 Å². The van der Waals surface area contributed by atoms with Gasteiger partial charge >= 0.3 is 0 Å². The third-order valence-corrected chi connectivity index (χ3v) is 5.90. The van der Waals surface area contributed by atoms with Gasteiger partial charge in [-0.25, -0.2) is 0 Å². The van der Waals surface area contributed by atoms with E-state index < -0.39 is 0 Å². The maximum absolute atomic E-state index is 5.62. The molecule has 1 aromatic carbocycles. The van der Waals surface area contributed by atoms with E-state index in [9.17, 15) is 0 Å². The Balaban J connectivity index is 1.69. The van der Waals surface area contributed by atoms with Gasteiger partial charge in [0.1, 0.15) is 0 Å². The fourth-order valence-electron chi connectivity index (χ4n) is 4.91. The second-order valence-electron chi connectivity index (χ2n) is 6.83. The third-order valence-electron chi connectivity index (χ3n) is 5.90. The molecule has 0 N–H and O–H groups in total. The summed E-state index contributed by atoms with van der Waals surface area (Å²) in [6.07, 6.45) is 11.4. The molecule has 1 spiro atoms. The van der Waals surface area contributed by atoms with Crippen molar-refractivity contribution in [3.05, 3.63) is 35.4 Å².